The number of nitrogens with zero attached hydrogens (tertiary/aromatic N) is 2. The highest BCUT2D eigenvalue weighted by Gasteiger charge is 2.31. The Morgan fingerprint density at radius 2 is 1.97 bits per heavy atom. The molecule has 7 heteroatoms. The second-order valence-electron chi connectivity index (χ2n) is 7.37. The van der Waals surface area contributed by atoms with E-state index in [1.165, 1.54) is 0 Å². The van der Waals surface area contributed by atoms with E-state index in [2.05, 4.69) is 10.3 Å². The predicted octanol–water partition coefficient (Wildman–Crippen LogP) is 4.55. The van der Waals surface area contributed by atoms with Gasteiger partial charge < -0.3 is 10.1 Å². The van der Waals surface area contributed by atoms with Crippen LogP contribution in [0.5, 0.6) is 5.75 Å². The van der Waals surface area contributed by atoms with Crippen LogP contribution < -0.4 is 10.1 Å². The summed E-state index contributed by atoms with van der Waals surface area (Å²) < 4.78 is 33.1. The second-order valence-corrected chi connectivity index (χ2v) is 9.26. The highest BCUT2D eigenvalue weighted by molar-refractivity contribution is 7.89. The van der Waals surface area contributed by atoms with E-state index in [0.717, 1.165) is 41.6 Å². The number of piperidine rings is 1. The van der Waals surface area contributed by atoms with Gasteiger partial charge >= 0.3 is 0 Å². The number of pyridine rings is 1. The van der Waals surface area contributed by atoms with E-state index < -0.39 is 10.0 Å². The Labute approximate surface area is 171 Å². The van der Waals surface area contributed by atoms with Gasteiger partial charge in [-0.15, -0.1) is 0 Å². The molecule has 1 aliphatic rings. The second kappa shape index (κ2) is 8.00. The van der Waals surface area contributed by atoms with Crippen LogP contribution in [0.15, 0.2) is 59.5 Å². The fourth-order valence-corrected chi connectivity index (χ4v) is 5.48. The zero-order valence-electron chi connectivity index (χ0n) is 16.6. The molecule has 0 radical (unpaired) electrons. The van der Waals surface area contributed by atoms with Crippen molar-refractivity contribution in [3.05, 3.63) is 54.6 Å². The van der Waals surface area contributed by atoms with Crippen LogP contribution in [0.25, 0.3) is 10.9 Å². The van der Waals surface area contributed by atoms with Crippen LogP contribution in [-0.4, -0.2) is 37.4 Å². The molecule has 0 saturated carbocycles. The van der Waals surface area contributed by atoms with Gasteiger partial charge in [0.15, 0.2) is 0 Å². The highest BCUT2D eigenvalue weighted by atomic mass is 32.2. The number of sulfonamides is 1. The van der Waals surface area contributed by atoms with Crippen molar-refractivity contribution in [2.75, 3.05) is 19.0 Å². The molecule has 152 valence electrons. The van der Waals surface area contributed by atoms with Crippen LogP contribution in [-0.2, 0) is 10.0 Å². The van der Waals surface area contributed by atoms with E-state index in [1.54, 1.807) is 29.6 Å². The molecule has 1 fully saturated rings. The summed E-state index contributed by atoms with van der Waals surface area (Å²) in [4.78, 5) is 4.94. The Bertz CT molecular complexity index is 1130. The van der Waals surface area contributed by atoms with Crippen molar-refractivity contribution in [3.63, 3.8) is 0 Å². The number of hydrogen-bond acceptors (Lipinski definition) is 5. The van der Waals surface area contributed by atoms with E-state index in [4.69, 9.17) is 4.74 Å². The number of fused-ring (bicyclic) bond motifs is 1. The van der Waals surface area contributed by atoms with Gasteiger partial charge in [0.25, 0.3) is 0 Å². The standard InChI is InChI=1S/C22H25N3O3S/c1-16-6-3-4-13-25(16)29(26,27)20-10-11-21-17(14-20)9-12-22(24-21)23-18-7-5-8-19(15-18)28-2/h5,7-12,14-16H,3-4,6,13H2,1-2H3,(H,23,24). The number of benzene rings is 2. The molecule has 3 aromatic rings. The van der Waals surface area contributed by atoms with Crippen molar-refractivity contribution in [2.24, 2.45) is 0 Å². The lowest BCUT2D eigenvalue weighted by molar-refractivity contribution is 0.268. The smallest absolute Gasteiger partial charge is 0.243 e. The zero-order chi connectivity index (χ0) is 20.4. The largest absolute Gasteiger partial charge is 0.497 e. The Kier molecular flexibility index (Phi) is 5.43. The molecular formula is C22H25N3O3S. The lowest BCUT2D eigenvalue weighted by Gasteiger charge is -2.32. The van der Waals surface area contributed by atoms with Crippen LogP contribution in [0.3, 0.4) is 0 Å². The first-order chi connectivity index (χ1) is 14.0. The van der Waals surface area contributed by atoms with Crippen molar-refractivity contribution < 1.29 is 13.2 Å². The van der Waals surface area contributed by atoms with Gasteiger partial charge in [0.05, 0.1) is 17.5 Å². The maximum absolute atomic E-state index is 13.1. The summed E-state index contributed by atoms with van der Waals surface area (Å²) in [6, 6.07) is 16.5. The topological polar surface area (TPSA) is 71.5 Å². The van der Waals surface area contributed by atoms with Gasteiger partial charge in [0, 0.05) is 29.7 Å². The molecule has 0 aliphatic carbocycles. The minimum absolute atomic E-state index is 0.0389. The Morgan fingerprint density at radius 1 is 1.10 bits per heavy atom. The van der Waals surface area contributed by atoms with Crippen molar-refractivity contribution in [1.82, 2.24) is 9.29 Å². The predicted molar refractivity (Wildman–Crippen MR) is 115 cm³/mol. The van der Waals surface area contributed by atoms with E-state index in [9.17, 15) is 8.42 Å². The normalized spacial score (nSPS) is 17.9. The Hall–Kier alpha value is -2.64. The van der Waals surface area contributed by atoms with Gasteiger partial charge in [-0.25, -0.2) is 13.4 Å². The summed E-state index contributed by atoms with van der Waals surface area (Å²) in [5, 5.41) is 4.05. The van der Waals surface area contributed by atoms with Crippen molar-refractivity contribution in [2.45, 2.75) is 37.1 Å². The van der Waals surface area contributed by atoms with Gasteiger partial charge in [0.1, 0.15) is 11.6 Å². The first-order valence-corrected chi connectivity index (χ1v) is 11.2. The van der Waals surface area contributed by atoms with E-state index in [1.807, 2.05) is 43.3 Å². The number of methoxy groups -OCH3 is 1. The van der Waals surface area contributed by atoms with E-state index >= 15 is 0 Å². The minimum atomic E-state index is -3.49. The first-order valence-electron chi connectivity index (χ1n) is 9.81. The van der Waals surface area contributed by atoms with Crippen LogP contribution in [0, 0.1) is 0 Å². The Balaban J connectivity index is 1.61. The molecule has 0 spiro atoms. The zero-order valence-corrected chi connectivity index (χ0v) is 17.4. The monoisotopic (exact) mass is 411 g/mol. The van der Waals surface area contributed by atoms with Gasteiger partial charge in [-0.3, -0.25) is 0 Å². The number of nitrogens with one attached hydrogen (secondary N) is 1. The van der Waals surface area contributed by atoms with E-state index in [-0.39, 0.29) is 6.04 Å². The SMILES string of the molecule is COc1cccc(Nc2ccc3cc(S(=O)(=O)N4CCCCC4C)ccc3n2)c1. The van der Waals surface area contributed by atoms with Gasteiger partial charge in [-0.1, -0.05) is 12.5 Å². The number of ether oxygens (including phenoxy) is 1. The number of anilines is 2. The average Bonchev–Trinajstić information content (AvgIpc) is 2.73. The molecule has 6 nitrogen and oxygen atoms in total. The third-order valence-electron chi connectivity index (χ3n) is 5.35. The molecule has 1 unspecified atom stereocenters. The maximum atomic E-state index is 13.1. The number of hydrogen-bond donors (Lipinski definition) is 1. The molecular weight excluding hydrogens is 386 g/mol. The van der Waals surface area contributed by atoms with Crippen LogP contribution >= 0.6 is 0 Å². The van der Waals surface area contributed by atoms with Crippen molar-refractivity contribution >= 4 is 32.4 Å². The molecule has 1 N–H and O–H groups in total. The molecule has 1 saturated heterocycles. The summed E-state index contributed by atoms with van der Waals surface area (Å²) in [5.41, 5.74) is 1.61. The van der Waals surface area contributed by atoms with Gasteiger partial charge in [-0.2, -0.15) is 4.31 Å². The summed E-state index contributed by atoms with van der Waals surface area (Å²) >= 11 is 0. The molecule has 1 atom stereocenters. The fraction of sp³-hybridized carbons (Fsp3) is 0.318. The third kappa shape index (κ3) is 4.06. The Morgan fingerprint density at radius 3 is 2.76 bits per heavy atom. The summed E-state index contributed by atoms with van der Waals surface area (Å²) in [6.45, 7) is 2.57. The molecule has 2 heterocycles. The molecule has 4 rings (SSSR count). The van der Waals surface area contributed by atoms with Crippen LogP contribution in [0.2, 0.25) is 0 Å². The number of rotatable bonds is 5. The summed E-state index contributed by atoms with van der Waals surface area (Å²) in [6.07, 6.45) is 2.91. The molecule has 1 aliphatic heterocycles. The fourth-order valence-electron chi connectivity index (χ4n) is 3.75. The van der Waals surface area contributed by atoms with Crippen molar-refractivity contribution in [3.8, 4) is 5.75 Å². The molecule has 29 heavy (non-hydrogen) atoms. The maximum Gasteiger partial charge on any atom is 0.243 e. The van der Waals surface area contributed by atoms with Crippen molar-refractivity contribution in [1.29, 1.82) is 0 Å². The first kappa shape index (κ1) is 19.7. The third-order valence-corrected chi connectivity index (χ3v) is 7.36. The summed E-state index contributed by atoms with van der Waals surface area (Å²) in [7, 11) is -1.86. The van der Waals surface area contributed by atoms with E-state index in [0.29, 0.717) is 17.3 Å². The molecule has 0 amide bonds. The average molecular weight is 412 g/mol. The summed E-state index contributed by atoms with van der Waals surface area (Å²) in [5.74, 6) is 1.45. The lowest BCUT2D eigenvalue weighted by Crippen LogP contribution is -2.41. The van der Waals surface area contributed by atoms with Gasteiger partial charge in [-0.05, 0) is 62.2 Å². The number of aromatic nitrogens is 1. The molecule has 2 aromatic carbocycles. The molecule has 1 aromatic heterocycles. The van der Waals surface area contributed by atoms with Crippen LogP contribution in [0.1, 0.15) is 26.2 Å². The van der Waals surface area contributed by atoms with Crippen LogP contribution in [0.4, 0.5) is 11.5 Å². The minimum Gasteiger partial charge on any atom is -0.497 e. The highest BCUT2D eigenvalue weighted by Crippen LogP contribution is 2.28. The van der Waals surface area contributed by atoms with Gasteiger partial charge in [0.2, 0.25) is 10.0 Å². The molecule has 0 bridgehead atoms. The lowest BCUT2D eigenvalue weighted by atomic mass is 10.1. The quantitative estimate of drug-likeness (QED) is 0.667.